The number of hydrogen-bond donors (Lipinski definition) is 0. The molecule has 0 spiro atoms. The van der Waals surface area contributed by atoms with E-state index in [2.05, 4.69) is 13.8 Å². The van der Waals surface area contributed by atoms with Crippen LogP contribution in [0.25, 0.3) is 10.8 Å². The largest absolute Gasteiger partial charge is 0.465 e. The lowest BCUT2D eigenvalue weighted by molar-refractivity contribution is 0.0157. The van der Waals surface area contributed by atoms with Crippen LogP contribution in [0.3, 0.4) is 0 Å². The Balaban J connectivity index is 2.41. The van der Waals surface area contributed by atoms with Gasteiger partial charge in [0.15, 0.2) is 0 Å². The van der Waals surface area contributed by atoms with Gasteiger partial charge in [0.2, 0.25) is 0 Å². The highest BCUT2D eigenvalue weighted by atomic mass is 31.2. The molecule has 8 heteroatoms. The molecule has 0 bridgehead atoms. The normalized spacial score (nSPS) is 17.2. The first-order valence-corrected chi connectivity index (χ1v) is 12.6. The van der Waals surface area contributed by atoms with Crippen LogP contribution in [0.4, 0.5) is 0 Å². The van der Waals surface area contributed by atoms with E-state index in [1.54, 1.807) is 24.3 Å². The van der Waals surface area contributed by atoms with Crippen molar-refractivity contribution in [2.45, 2.75) is 40.0 Å². The SMILES string of the molecule is C/C=C/Cc1c(C(=O)OC)c(C(=O)OC)c2ccccc2c1P1(=O)OCC(CC)(CC)CO1. The van der Waals surface area contributed by atoms with Crippen molar-refractivity contribution in [1.82, 2.24) is 0 Å². The molecular formula is C25H31O7P. The van der Waals surface area contributed by atoms with Crippen LogP contribution in [-0.4, -0.2) is 39.4 Å². The lowest BCUT2D eigenvalue weighted by Gasteiger charge is -2.39. The maximum Gasteiger partial charge on any atom is 0.362 e. The van der Waals surface area contributed by atoms with Crippen LogP contribution in [0.5, 0.6) is 0 Å². The van der Waals surface area contributed by atoms with E-state index in [0.29, 0.717) is 21.6 Å². The number of allylic oxidation sites excluding steroid dienone is 2. The third-order valence-electron chi connectivity index (χ3n) is 6.48. The summed E-state index contributed by atoms with van der Waals surface area (Å²) in [5, 5.41) is 1.24. The number of ether oxygens (including phenoxy) is 2. The van der Waals surface area contributed by atoms with Crippen molar-refractivity contribution >= 4 is 35.6 Å². The van der Waals surface area contributed by atoms with Crippen molar-refractivity contribution in [3.05, 3.63) is 53.1 Å². The topological polar surface area (TPSA) is 88.1 Å². The Morgan fingerprint density at radius 3 is 2.06 bits per heavy atom. The fourth-order valence-corrected chi connectivity index (χ4v) is 6.42. The van der Waals surface area contributed by atoms with Crippen LogP contribution in [0.15, 0.2) is 36.4 Å². The Labute approximate surface area is 194 Å². The van der Waals surface area contributed by atoms with Crippen LogP contribution in [-0.2, 0) is 29.5 Å². The fraction of sp³-hybridized carbons (Fsp3) is 0.440. The van der Waals surface area contributed by atoms with Gasteiger partial charge < -0.3 is 18.5 Å². The average molecular weight is 474 g/mol. The van der Waals surface area contributed by atoms with Gasteiger partial charge in [0.05, 0.1) is 43.9 Å². The fourth-order valence-electron chi connectivity index (χ4n) is 4.17. The van der Waals surface area contributed by atoms with Crippen molar-refractivity contribution in [3.63, 3.8) is 0 Å². The van der Waals surface area contributed by atoms with E-state index in [4.69, 9.17) is 18.5 Å². The number of methoxy groups -OCH3 is 2. The lowest BCUT2D eigenvalue weighted by Crippen LogP contribution is -2.37. The molecule has 1 aliphatic heterocycles. The smallest absolute Gasteiger partial charge is 0.362 e. The third-order valence-corrected chi connectivity index (χ3v) is 8.48. The molecule has 0 aliphatic carbocycles. The molecule has 33 heavy (non-hydrogen) atoms. The second kappa shape index (κ2) is 10.2. The third kappa shape index (κ3) is 4.50. The predicted molar refractivity (Wildman–Crippen MR) is 127 cm³/mol. The van der Waals surface area contributed by atoms with Gasteiger partial charge in [0.25, 0.3) is 0 Å². The highest BCUT2D eigenvalue weighted by Gasteiger charge is 2.45. The molecule has 0 saturated carbocycles. The number of carbonyl (C=O) groups is 2. The molecule has 1 heterocycles. The van der Waals surface area contributed by atoms with Gasteiger partial charge in [-0.15, -0.1) is 0 Å². The lowest BCUT2D eigenvalue weighted by atomic mass is 9.84. The molecule has 2 aromatic carbocycles. The van der Waals surface area contributed by atoms with Gasteiger partial charge in [-0.3, -0.25) is 4.57 Å². The second-order valence-corrected chi connectivity index (χ2v) is 10.1. The quantitative estimate of drug-likeness (QED) is 0.309. The van der Waals surface area contributed by atoms with Crippen molar-refractivity contribution in [2.75, 3.05) is 27.4 Å². The summed E-state index contributed by atoms with van der Waals surface area (Å²) < 4.78 is 36.3. The van der Waals surface area contributed by atoms with Crippen molar-refractivity contribution in [3.8, 4) is 0 Å². The van der Waals surface area contributed by atoms with E-state index in [9.17, 15) is 14.2 Å². The van der Waals surface area contributed by atoms with E-state index < -0.39 is 19.5 Å². The monoisotopic (exact) mass is 474 g/mol. The van der Waals surface area contributed by atoms with Crippen LogP contribution >= 0.6 is 7.60 Å². The van der Waals surface area contributed by atoms with Crippen molar-refractivity contribution in [1.29, 1.82) is 0 Å². The molecular weight excluding hydrogens is 443 g/mol. The first kappa shape index (κ1) is 25.2. The average Bonchev–Trinajstić information content (AvgIpc) is 2.86. The molecule has 1 fully saturated rings. The molecule has 0 atom stereocenters. The molecule has 3 rings (SSSR count). The second-order valence-electron chi connectivity index (χ2n) is 8.13. The number of fused-ring (bicyclic) bond motifs is 1. The molecule has 0 N–H and O–H groups in total. The van der Waals surface area contributed by atoms with Gasteiger partial charge >= 0.3 is 19.5 Å². The summed E-state index contributed by atoms with van der Waals surface area (Å²) in [5.41, 5.74) is 0.247. The molecule has 0 radical (unpaired) electrons. The van der Waals surface area contributed by atoms with Gasteiger partial charge in [0.1, 0.15) is 0 Å². The van der Waals surface area contributed by atoms with Crippen LogP contribution in [0.1, 0.15) is 59.9 Å². The van der Waals surface area contributed by atoms with Crippen LogP contribution < -0.4 is 5.30 Å². The summed E-state index contributed by atoms with van der Waals surface area (Å²) in [6, 6.07) is 6.96. The van der Waals surface area contributed by atoms with E-state index >= 15 is 0 Å². The standard InChI is InChI=1S/C25H31O7P/c1-6-9-12-19-21(24(27)30-5)20(23(26)29-4)17-13-10-11-14-18(17)22(19)33(28)31-15-25(7-2,8-3)16-32-33/h6,9-11,13-14H,7-8,12,15-16H2,1-5H3/b9-6+. The molecule has 0 unspecified atom stereocenters. The summed E-state index contributed by atoms with van der Waals surface area (Å²) in [6.07, 6.45) is 5.51. The number of benzene rings is 2. The van der Waals surface area contributed by atoms with Crippen LogP contribution in [0, 0.1) is 5.41 Å². The highest BCUT2D eigenvalue weighted by Crippen LogP contribution is 2.56. The zero-order valence-corrected chi connectivity index (χ0v) is 20.7. The number of esters is 2. The molecule has 2 aromatic rings. The van der Waals surface area contributed by atoms with Gasteiger partial charge in [-0.05, 0) is 42.5 Å². The summed E-state index contributed by atoms with van der Waals surface area (Å²) in [7, 11) is -1.33. The first-order valence-electron chi connectivity index (χ1n) is 11.1. The zero-order chi connectivity index (χ0) is 24.2. The number of hydrogen-bond acceptors (Lipinski definition) is 7. The molecule has 0 amide bonds. The number of rotatable bonds is 7. The number of carbonyl (C=O) groups excluding carboxylic acids is 2. The maximum absolute atomic E-state index is 14.2. The molecule has 7 nitrogen and oxygen atoms in total. The van der Waals surface area contributed by atoms with E-state index in [-0.39, 0.29) is 36.2 Å². The summed E-state index contributed by atoms with van der Waals surface area (Å²) in [5.74, 6) is -1.40. The zero-order valence-electron chi connectivity index (χ0n) is 19.8. The Hall–Kier alpha value is -2.47. The van der Waals surface area contributed by atoms with E-state index in [1.165, 1.54) is 14.2 Å². The Morgan fingerprint density at radius 2 is 1.55 bits per heavy atom. The molecule has 0 aromatic heterocycles. The minimum absolute atomic E-state index is 0.0152. The molecule has 1 saturated heterocycles. The Bertz CT molecular complexity index is 1120. The van der Waals surface area contributed by atoms with Crippen molar-refractivity contribution < 1.29 is 32.7 Å². The van der Waals surface area contributed by atoms with Gasteiger partial charge in [0, 0.05) is 5.41 Å². The minimum Gasteiger partial charge on any atom is -0.465 e. The first-order chi connectivity index (χ1) is 15.8. The summed E-state index contributed by atoms with van der Waals surface area (Å²) in [4.78, 5) is 25.8. The van der Waals surface area contributed by atoms with E-state index in [0.717, 1.165) is 12.8 Å². The minimum atomic E-state index is -3.82. The Morgan fingerprint density at radius 1 is 1.00 bits per heavy atom. The van der Waals surface area contributed by atoms with Gasteiger partial charge in [-0.2, -0.15) is 0 Å². The van der Waals surface area contributed by atoms with Gasteiger partial charge in [-0.25, -0.2) is 9.59 Å². The summed E-state index contributed by atoms with van der Waals surface area (Å²) >= 11 is 0. The predicted octanol–water partition coefficient (Wildman–Crippen LogP) is 5.20. The molecule has 178 valence electrons. The summed E-state index contributed by atoms with van der Waals surface area (Å²) in [6.45, 7) is 6.51. The highest BCUT2D eigenvalue weighted by molar-refractivity contribution is 7.63. The van der Waals surface area contributed by atoms with Crippen molar-refractivity contribution in [2.24, 2.45) is 5.41 Å². The maximum atomic E-state index is 14.2. The van der Waals surface area contributed by atoms with E-state index in [1.807, 2.05) is 19.1 Å². The molecule has 1 aliphatic rings. The van der Waals surface area contributed by atoms with Gasteiger partial charge in [-0.1, -0.05) is 50.3 Å². The Kier molecular flexibility index (Phi) is 7.78. The van der Waals surface area contributed by atoms with Crippen LogP contribution in [0.2, 0.25) is 0 Å².